The summed E-state index contributed by atoms with van der Waals surface area (Å²) >= 11 is 0. The fraction of sp³-hybridized carbons (Fsp3) is 0.333. The van der Waals surface area contributed by atoms with Gasteiger partial charge < -0.3 is 14.4 Å². The summed E-state index contributed by atoms with van der Waals surface area (Å²) in [6, 6.07) is 25.0. The van der Waals surface area contributed by atoms with Crippen LogP contribution >= 0.6 is 0 Å². The highest BCUT2D eigenvalue weighted by molar-refractivity contribution is 5.29. The first-order chi connectivity index (χ1) is 13.7. The fourth-order valence-electron chi connectivity index (χ4n) is 4.05. The Hall–Kier alpha value is -2.40. The van der Waals surface area contributed by atoms with Crippen LogP contribution in [0.5, 0.6) is 0 Å². The lowest BCUT2D eigenvalue weighted by Gasteiger charge is -2.36. The zero-order chi connectivity index (χ0) is 19.3. The van der Waals surface area contributed by atoms with Crippen LogP contribution in [0, 0.1) is 0 Å². The van der Waals surface area contributed by atoms with Gasteiger partial charge in [0.05, 0.1) is 12.7 Å². The Morgan fingerprint density at radius 2 is 1.57 bits per heavy atom. The highest BCUT2D eigenvalue weighted by Crippen LogP contribution is 2.27. The number of ether oxygens (including phenoxy) is 1. The second-order valence-corrected chi connectivity index (χ2v) is 7.49. The minimum Gasteiger partial charge on any atom is -0.389 e. The quantitative estimate of drug-likeness (QED) is 0.676. The molecule has 4 heteroatoms. The van der Waals surface area contributed by atoms with E-state index in [0.717, 1.165) is 24.2 Å². The van der Waals surface area contributed by atoms with Gasteiger partial charge in [0.25, 0.3) is 0 Å². The Morgan fingerprint density at radius 1 is 0.929 bits per heavy atom. The van der Waals surface area contributed by atoms with E-state index in [1.54, 1.807) is 0 Å². The number of rotatable bonds is 7. The topological polar surface area (TPSA) is 37.6 Å². The Balaban J connectivity index is 1.40. The van der Waals surface area contributed by atoms with Gasteiger partial charge in [0.2, 0.25) is 0 Å². The van der Waals surface area contributed by atoms with E-state index in [1.807, 2.05) is 36.4 Å². The molecule has 0 saturated carbocycles. The first kappa shape index (κ1) is 18.9. The van der Waals surface area contributed by atoms with Gasteiger partial charge in [0.1, 0.15) is 6.10 Å². The van der Waals surface area contributed by atoms with Crippen molar-refractivity contribution in [2.45, 2.75) is 31.7 Å². The molecule has 1 N–H and O–H groups in total. The summed E-state index contributed by atoms with van der Waals surface area (Å²) in [6.45, 7) is 5.04. The molecule has 0 bridgehead atoms. The van der Waals surface area contributed by atoms with Crippen LogP contribution in [0.4, 0.5) is 0 Å². The summed E-state index contributed by atoms with van der Waals surface area (Å²) < 4.78 is 8.52. The molecule has 2 aromatic carbocycles. The lowest BCUT2D eigenvalue weighted by Crippen LogP contribution is -2.42. The predicted octanol–water partition coefficient (Wildman–Crippen LogP) is 4.03. The third kappa shape index (κ3) is 4.20. The number of fused-ring (bicyclic) bond motifs is 1. The van der Waals surface area contributed by atoms with Crippen molar-refractivity contribution in [3.05, 3.63) is 95.8 Å². The first-order valence-corrected chi connectivity index (χ1v) is 10.0. The van der Waals surface area contributed by atoms with Crippen LogP contribution in [0.2, 0.25) is 0 Å². The maximum atomic E-state index is 10.7. The smallest absolute Gasteiger partial charge is 0.108 e. The molecule has 0 unspecified atom stereocenters. The molecule has 0 radical (unpaired) electrons. The van der Waals surface area contributed by atoms with Crippen LogP contribution in [-0.4, -0.2) is 40.4 Å². The SMILES string of the molecule is C[C@@H]1c2cccn2CCN1C[C@H](O)COC(c1ccccc1)c1ccccc1. The van der Waals surface area contributed by atoms with Crippen LogP contribution in [0.25, 0.3) is 0 Å². The molecular weight excluding hydrogens is 348 g/mol. The number of nitrogens with zero attached hydrogens (tertiary/aromatic N) is 2. The molecule has 3 aromatic rings. The van der Waals surface area contributed by atoms with Gasteiger partial charge in [-0.25, -0.2) is 0 Å². The normalized spacial score (nSPS) is 18.2. The third-order valence-electron chi connectivity index (χ3n) is 5.57. The van der Waals surface area contributed by atoms with E-state index in [4.69, 9.17) is 4.74 Å². The third-order valence-corrected chi connectivity index (χ3v) is 5.57. The van der Waals surface area contributed by atoms with Crippen molar-refractivity contribution in [3.8, 4) is 0 Å². The summed E-state index contributed by atoms with van der Waals surface area (Å²) in [5.74, 6) is 0. The summed E-state index contributed by atoms with van der Waals surface area (Å²) in [5, 5.41) is 10.7. The van der Waals surface area contributed by atoms with E-state index in [2.05, 4.69) is 59.0 Å². The molecule has 1 aliphatic rings. The molecule has 1 aliphatic heterocycles. The van der Waals surface area contributed by atoms with Gasteiger partial charge in [-0.1, -0.05) is 60.7 Å². The van der Waals surface area contributed by atoms with Gasteiger partial charge in [-0.15, -0.1) is 0 Å². The molecule has 4 nitrogen and oxygen atoms in total. The summed E-state index contributed by atoms with van der Waals surface area (Å²) in [7, 11) is 0. The number of benzene rings is 2. The van der Waals surface area contributed by atoms with Gasteiger partial charge in [-0.2, -0.15) is 0 Å². The van der Waals surface area contributed by atoms with E-state index >= 15 is 0 Å². The molecule has 2 atom stereocenters. The number of aliphatic hydroxyl groups excluding tert-OH is 1. The Bertz CT molecular complexity index is 823. The number of β-amino-alcohol motifs (C(OH)–C–C–N with tert-alkyl or cyclic N) is 1. The summed E-state index contributed by atoms with van der Waals surface area (Å²) in [4.78, 5) is 2.34. The molecule has 2 heterocycles. The number of aliphatic hydroxyl groups is 1. The standard InChI is InChI=1S/C24H28N2O2/c1-19-23-13-8-14-25(23)15-16-26(19)17-22(27)18-28-24(20-9-4-2-5-10-20)21-11-6-3-7-12-21/h2-14,19,22,24,27H,15-18H2,1H3/t19-,22+/m1/s1. The summed E-state index contributed by atoms with van der Waals surface area (Å²) in [6.07, 6.45) is 1.43. The van der Waals surface area contributed by atoms with E-state index in [-0.39, 0.29) is 6.10 Å². The van der Waals surface area contributed by atoms with Crippen LogP contribution in [-0.2, 0) is 11.3 Å². The first-order valence-electron chi connectivity index (χ1n) is 10.0. The number of hydrogen-bond donors (Lipinski definition) is 1. The molecule has 4 rings (SSSR count). The monoisotopic (exact) mass is 376 g/mol. The molecule has 1 aromatic heterocycles. The van der Waals surface area contributed by atoms with Crippen molar-refractivity contribution in [2.75, 3.05) is 19.7 Å². The largest absolute Gasteiger partial charge is 0.389 e. The van der Waals surface area contributed by atoms with Gasteiger partial charge in [0, 0.05) is 37.6 Å². The second kappa shape index (κ2) is 8.74. The molecule has 0 saturated heterocycles. The van der Waals surface area contributed by atoms with Crippen LogP contribution in [0.1, 0.15) is 35.9 Å². The van der Waals surface area contributed by atoms with Crippen LogP contribution in [0.15, 0.2) is 79.0 Å². The zero-order valence-corrected chi connectivity index (χ0v) is 16.3. The van der Waals surface area contributed by atoms with Crippen molar-refractivity contribution in [2.24, 2.45) is 0 Å². The van der Waals surface area contributed by atoms with E-state index < -0.39 is 6.10 Å². The van der Waals surface area contributed by atoms with Crippen molar-refractivity contribution in [1.82, 2.24) is 9.47 Å². The fourth-order valence-corrected chi connectivity index (χ4v) is 4.05. The average molecular weight is 377 g/mol. The highest BCUT2D eigenvalue weighted by Gasteiger charge is 2.26. The van der Waals surface area contributed by atoms with Gasteiger partial charge in [-0.3, -0.25) is 4.90 Å². The predicted molar refractivity (Wildman–Crippen MR) is 111 cm³/mol. The van der Waals surface area contributed by atoms with Crippen LogP contribution < -0.4 is 0 Å². The average Bonchev–Trinajstić information content (AvgIpc) is 3.22. The van der Waals surface area contributed by atoms with E-state index in [9.17, 15) is 5.11 Å². The number of hydrogen-bond acceptors (Lipinski definition) is 3. The van der Waals surface area contributed by atoms with Crippen LogP contribution in [0.3, 0.4) is 0 Å². The molecule has 146 valence electrons. The van der Waals surface area contributed by atoms with Crippen molar-refractivity contribution < 1.29 is 9.84 Å². The Labute approximate surface area is 167 Å². The lowest BCUT2D eigenvalue weighted by atomic mass is 10.0. The molecule has 0 spiro atoms. The molecule has 0 aliphatic carbocycles. The molecule has 0 amide bonds. The second-order valence-electron chi connectivity index (χ2n) is 7.49. The Morgan fingerprint density at radius 3 is 2.21 bits per heavy atom. The number of aromatic nitrogens is 1. The maximum absolute atomic E-state index is 10.7. The minimum absolute atomic E-state index is 0.173. The van der Waals surface area contributed by atoms with Gasteiger partial charge in [0.15, 0.2) is 0 Å². The van der Waals surface area contributed by atoms with E-state index in [0.29, 0.717) is 19.2 Å². The lowest BCUT2D eigenvalue weighted by molar-refractivity contribution is -0.0165. The van der Waals surface area contributed by atoms with Crippen molar-refractivity contribution in [1.29, 1.82) is 0 Å². The molecular formula is C24H28N2O2. The maximum Gasteiger partial charge on any atom is 0.108 e. The minimum atomic E-state index is -0.529. The zero-order valence-electron chi connectivity index (χ0n) is 16.3. The van der Waals surface area contributed by atoms with Crippen molar-refractivity contribution >= 4 is 0 Å². The van der Waals surface area contributed by atoms with E-state index in [1.165, 1.54) is 5.69 Å². The Kier molecular flexibility index (Phi) is 5.91. The highest BCUT2D eigenvalue weighted by atomic mass is 16.5. The van der Waals surface area contributed by atoms with Gasteiger partial charge in [-0.05, 0) is 30.2 Å². The van der Waals surface area contributed by atoms with Crippen molar-refractivity contribution in [3.63, 3.8) is 0 Å². The summed E-state index contributed by atoms with van der Waals surface area (Å²) in [5.41, 5.74) is 3.51. The van der Waals surface area contributed by atoms with Gasteiger partial charge >= 0.3 is 0 Å². The molecule has 28 heavy (non-hydrogen) atoms. The molecule has 0 fully saturated rings.